The van der Waals surface area contributed by atoms with E-state index in [0.29, 0.717) is 18.4 Å². The summed E-state index contributed by atoms with van der Waals surface area (Å²) in [7, 11) is 0. The van der Waals surface area contributed by atoms with Crippen molar-refractivity contribution in [2.75, 3.05) is 0 Å². The molecule has 0 bridgehead atoms. The van der Waals surface area contributed by atoms with E-state index in [2.05, 4.69) is 0 Å². The first-order chi connectivity index (χ1) is 11.0. The van der Waals surface area contributed by atoms with Crippen LogP contribution in [0.5, 0.6) is 11.5 Å². The summed E-state index contributed by atoms with van der Waals surface area (Å²) in [5.74, 6) is -1.00. The second-order valence-electron chi connectivity index (χ2n) is 6.06. The Morgan fingerprint density at radius 3 is 2.58 bits per heavy atom. The van der Waals surface area contributed by atoms with Crippen molar-refractivity contribution in [2.45, 2.75) is 65.1 Å². The second kappa shape index (κ2) is 9.33. The van der Waals surface area contributed by atoms with E-state index < -0.39 is 5.97 Å². The number of fused-ring (bicyclic) bond motifs is 1. The van der Waals surface area contributed by atoms with Crippen LogP contribution in [0.25, 0.3) is 6.08 Å². The quantitative estimate of drug-likeness (QED) is 0.623. The predicted octanol–water partition coefficient (Wildman–Crippen LogP) is 4.01. The van der Waals surface area contributed by atoms with Gasteiger partial charge in [0.25, 0.3) is 0 Å². The van der Waals surface area contributed by atoms with Gasteiger partial charge in [-0.15, -0.1) is 0 Å². The molecule has 3 N–H and O–H groups in total. The molecule has 2 rings (SSSR count). The van der Waals surface area contributed by atoms with Crippen molar-refractivity contribution >= 4 is 12.0 Å². The number of ether oxygens (including phenoxy) is 1. The molecule has 134 valence electrons. The van der Waals surface area contributed by atoms with Crippen LogP contribution in [0.4, 0.5) is 0 Å². The molecule has 1 aromatic rings. The average Bonchev–Trinajstić information content (AvgIpc) is 2.45. The molecule has 2 atom stereocenters. The molecule has 0 aromatic heterocycles. The number of aliphatic hydroxyl groups excluding tert-OH is 1. The Balaban J connectivity index is 0.00000288. The lowest BCUT2D eigenvalue weighted by molar-refractivity contribution is 0.0307. The van der Waals surface area contributed by atoms with Gasteiger partial charge in [-0.1, -0.05) is 19.6 Å². The van der Waals surface area contributed by atoms with Gasteiger partial charge in [0.05, 0.1) is 12.2 Å². The monoisotopic (exact) mass is 336 g/mol. The highest BCUT2D eigenvalue weighted by Crippen LogP contribution is 2.30. The molecular formula is C19H28O5. The molecule has 24 heavy (non-hydrogen) atoms. The third-order valence-electron chi connectivity index (χ3n) is 4.00. The van der Waals surface area contributed by atoms with Crippen LogP contribution in [0.15, 0.2) is 18.2 Å². The van der Waals surface area contributed by atoms with E-state index >= 15 is 0 Å². The molecule has 0 aliphatic carbocycles. The fraction of sp³-hybridized carbons (Fsp3) is 0.526. The molecule has 1 aliphatic rings. The van der Waals surface area contributed by atoms with Gasteiger partial charge in [-0.3, -0.25) is 0 Å². The maximum absolute atomic E-state index is 12.3. The molecule has 2 unspecified atom stereocenters. The third kappa shape index (κ3) is 5.57. The van der Waals surface area contributed by atoms with Crippen molar-refractivity contribution in [1.29, 1.82) is 0 Å². The van der Waals surface area contributed by atoms with Gasteiger partial charge in [-0.2, -0.15) is 0 Å². The van der Waals surface area contributed by atoms with Crippen LogP contribution in [0, 0.1) is 0 Å². The van der Waals surface area contributed by atoms with Gasteiger partial charge >= 0.3 is 5.97 Å². The second-order valence-corrected chi connectivity index (χ2v) is 6.06. The number of aliphatic hydroxyl groups is 1. The van der Waals surface area contributed by atoms with Crippen molar-refractivity contribution in [3.05, 3.63) is 29.3 Å². The Morgan fingerprint density at radius 1 is 1.12 bits per heavy atom. The van der Waals surface area contributed by atoms with Crippen LogP contribution in [-0.2, 0) is 4.74 Å². The maximum Gasteiger partial charge on any atom is 0.342 e. The molecule has 0 saturated carbocycles. The summed E-state index contributed by atoms with van der Waals surface area (Å²) in [4.78, 5) is 12.3. The van der Waals surface area contributed by atoms with Crippen molar-refractivity contribution < 1.29 is 24.9 Å². The van der Waals surface area contributed by atoms with E-state index in [-0.39, 0.29) is 36.7 Å². The number of phenolic OH excluding ortho intramolecular Hbond substituents is 2. The standard InChI is InChI=1S/C18H24O5.CH4/c1-12-6-5-9-14(19)8-4-2-3-7-13-10-15(20)11-16(21)17(13)18(22)23-12;/h3,7,10-12,14,19-21H,2,4-6,8-9H2,1H3;1H4. The zero-order valence-electron chi connectivity index (χ0n) is 13.4. The summed E-state index contributed by atoms with van der Waals surface area (Å²) < 4.78 is 5.38. The first-order valence-corrected chi connectivity index (χ1v) is 8.09. The molecule has 0 amide bonds. The lowest BCUT2D eigenvalue weighted by Gasteiger charge is -2.17. The third-order valence-corrected chi connectivity index (χ3v) is 4.00. The van der Waals surface area contributed by atoms with Gasteiger partial charge in [0.15, 0.2) is 0 Å². The van der Waals surface area contributed by atoms with E-state index in [9.17, 15) is 20.1 Å². The Hall–Kier alpha value is -2.01. The minimum absolute atomic E-state index is 0. The lowest BCUT2D eigenvalue weighted by atomic mass is 10.0. The number of carbonyl (C=O) groups is 1. The van der Waals surface area contributed by atoms with Gasteiger partial charge in [-0.25, -0.2) is 4.79 Å². The molecule has 5 nitrogen and oxygen atoms in total. The van der Waals surface area contributed by atoms with E-state index in [1.54, 1.807) is 13.0 Å². The van der Waals surface area contributed by atoms with Crippen LogP contribution >= 0.6 is 0 Å². The Morgan fingerprint density at radius 2 is 1.83 bits per heavy atom. The minimum atomic E-state index is -0.604. The van der Waals surface area contributed by atoms with Crippen LogP contribution in [0.2, 0.25) is 0 Å². The first-order valence-electron chi connectivity index (χ1n) is 8.09. The summed E-state index contributed by atoms with van der Waals surface area (Å²) >= 11 is 0. The smallest absolute Gasteiger partial charge is 0.342 e. The number of aromatic hydroxyl groups is 2. The van der Waals surface area contributed by atoms with Crippen LogP contribution in [-0.4, -0.2) is 33.5 Å². The Labute approximate surface area is 143 Å². The zero-order chi connectivity index (χ0) is 16.8. The molecule has 0 radical (unpaired) electrons. The van der Waals surface area contributed by atoms with Crippen LogP contribution in [0.1, 0.15) is 68.8 Å². The SMILES string of the molecule is C.CC1CCCC(O)CCCC=Cc2cc(O)cc(O)c2C(=O)O1. The van der Waals surface area contributed by atoms with Gasteiger partial charge < -0.3 is 20.1 Å². The molecular weight excluding hydrogens is 308 g/mol. The number of esters is 1. The van der Waals surface area contributed by atoms with E-state index in [1.165, 1.54) is 6.07 Å². The minimum Gasteiger partial charge on any atom is -0.508 e. The molecule has 1 aromatic carbocycles. The highest BCUT2D eigenvalue weighted by Gasteiger charge is 2.20. The Kier molecular flexibility index (Phi) is 7.79. The maximum atomic E-state index is 12.3. The van der Waals surface area contributed by atoms with Crippen molar-refractivity contribution in [3.8, 4) is 11.5 Å². The number of allylic oxidation sites excluding steroid dienone is 1. The van der Waals surface area contributed by atoms with Gasteiger partial charge in [0.1, 0.15) is 17.1 Å². The molecule has 1 heterocycles. The molecule has 1 aliphatic heterocycles. The van der Waals surface area contributed by atoms with Crippen LogP contribution in [0.3, 0.4) is 0 Å². The fourth-order valence-corrected chi connectivity index (χ4v) is 2.75. The summed E-state index contributed by atoms with van der Waals surface area (Å²) in [5, 5.41) is 29.5. The number of rotatable bonds is 0. The summed E-state index contributed by atoms with van der Waals surface area (Å²) in [5.41, 5.74) is 0.500. The largest absolute Gasteiger partial charge is 0.508 e. The first kappa shape index (κ1) is 20.0. The number of cyclic esters (lactones) is 1. The van der Waals surface area contributed by atoms with Gasteiger partial charge in [-0.05, 0) is 57.1 Å². The predicted molar refractivity (Wildman–Crippen MR) is 94.1 cm³/mol. The summed E-state index contributed by atoms with van der Waals surface area (Å²) in [6.07, 6.45) is 7.39. The number of hydrogen-bond acceptors (Lipinski definition) is 5. The number of phenols is 2. The highest BCUT2D eigenvalue weighted by molar-refractivity contribution is 5.97. The summed E-state index contributed by atoms with van der Waals surface area (Å²) in [6.45, 7) is 1.79. The van der Waals surface area contributed by atoms with E-state index in [4.69, 9.17) is 4.74 Å². The normalized spacial score (nSPS) is 22.7. The van der Waals surface area contributed by atoms with Gasteiger partial charge in [0, 0.05) is 6.07 Å². The van der Waals surface area contributed by atoms with Crippen molar-refractivity contribution in [3.63, 3.8) is 0 Å². The highest BCUT2D eigenvalue weighted by atomic mass is 16.5. The fourth-order valence-electron chi connectivity index (χ4n) is 2.75. The van der Waals surface area contributed by atoms with E-state index in [0.717, 1.165) is 31.7 Å². The van der Waals surface area contributed by atoms with Crippen LogP contribution < -0.4 is 0 Å². The van der Waals surface area contributed by atoms with Gasteiger partial charge in [0.2, 0.25) is 0 Å². The molecule has 0 saturated heterocycles. The lowest BCUT2D eigenvalue weighted by Crippen LogP contribution is -2.17. The van der Waals surface area contributed by atoms with Crippen molar-refractivity contribution in [1.82, 2.24) is 0 Å². The average molecular weight is 336 g/mol. The van der Waals surface area contributed by atoms with Crippen molar-refractivity contribution in [2.24, 2.45) is 0 Å². The molecule has 0 spiro atoms. The van der Waals surface area contributed by atoms with E-state index in [1.807, 2.05) is 6.08 Å². The topological polar surface area (TPSA) is 87.0 Å². The Bertz CT molecular complexity index is 579. The zero-order valence-corrected chi connectivity index (χ0v) is 13.4. The number of carbonyl (C=O) groups excluding carboxylic acids is 1. The molecule has 5 heteroatoms. The number of benzene rings is 1. The molecule has 0 fully saturated rings. The number of hydrogen-bond donors (Lipinski definition) is 3. The summed E-state index contributed by atoms with van der Waals surface area (Å²) in [6, 6.07) is 2.57.